The zero-order valence-corrected chi connectivity index (χ0v) is 10.9. The number of benzene rings is 1. The van der Waals surface area contributed by atoms with Gasteiger partial charge >= 0.3 is 0 Å². The predicted octanol–water partition coefficient (Wildman–Crippen LogP) is 3.25. The van der Waals surface area contributed by atoms with E-state index in [9.17, 15) is 10.0 Å². The highest BCUT2D eigenvalue weighted by atomic mass is 35.5. The Morgan fingerprint density at radius 3 is 2.83 bits per heavy atom. The van der Waals surface area contributed by atoms with Crippen LogP contribution in [-0.4, -0.2) is 22.2 Å². The number of hydroxylamine groups is 2. The number of rotatable bonds is 1. The van der Waals surface area contributed by atoms with Crippen LogP contribution in [0.5, 0.6) is 0 Å². The predicted molar refractivity (Wildman–Crippen MR) is 68.9 cm³/mol. The van der Waals surface area contributed by atoms with Crippen LogP contribution in [0.2, 0.25) is 10.0 Å². The van der Waals surface area contributed by atoms with E-state index in [1.54, 1.807) is 18.2 Å². The van der Waals surface area contributed by atoms with Crippen molar-refractivity contribution in [1.29, 1.82) is 0 Å². The number of fused-ring (bicyclic) bond motifs is 1. The highest BCUT2D eigenvalue weighted by molar-refractivity contribution is 6.35. The lowest BCUT2D eigenvalue weighted by Crippen LogP contribution is -2.29. The standard InChI is InChI=1S/C13H11Cl2NO2/c14-7-4-5-8(10(15)6-7)12-9-2-1-3-11(9)16(18)13(12)17/h1,3-6,9,11-12,18H,2H2/t9-,11+,12-/m1/s1. The summed E-state index contributed by atoms with van der Waals surface area (Å²) in [6, 6.07) is 4.88. The highest BCUT2D eigenvalue weighted by Gasteiger charge is 2.49. The van der Waals surface area contributed by atoms with Gasteiger partial charge in [0.2, 0.25) is 0 Å². The van der Waals surface area contributed by atoms with Gasteiger partial charge in [-0.15, -0.1) is 0 Å². The molecule has 3 rings (SSSR count). The summed E-state index contributed by atoms with van der Waals surface area (Å²) in [6.07, 6.45) is 4.63. The molecule has 1 fully saturated rings. The molecule has 0 bridgehead atoms. The minimum absolute atomic E-state index is 0.0566. The van der Waals surface area contributed by atoms with Gasteiger partial charge in [-0.2, -0.15) is 0 Å². The second-order valence-corrected chi connectivity index (χ2v) is 5.49. The lowest BCUT2D eigenvalue weighted by Gasteiger charge is -2.16. The molecule has 1 N–H and O–H groups in total. The van der Waals surface area contributed by atoms with Gasteiger partial charge in [-0.05, 0) is 24.1 Å². The highest BCUT2D eigenvalue weighted by Crippen LogP contribution is 2.45. The van der Waals surface area contributed by atoms with Crippen LogP contribution >= 0.6 is 23.2 Å². The first-order chi connectivity index (χ1) is 8.59. The van der Waals surface area contributed by atoms with Gasteiger partial charge in [0, 0.05) is 16.0 Å². The van der Waals surface area contributed by atoms with Crippen LogP contribution in [-0.2, 0) is 4.79 Å². The summed E-state index contributed by atoms with van der Waals surface area (Å²) in [6.45, 7) is 0. The van der Waals surface area contributed by atoms with E-state index in [1.165, 1.54) is 0 Å². The third kappa shape index (κ3) is 1.66. The molecule has 1 aliphatic carbocycles. The number of halogens is 2. The molecular formula is C13H11Cl2NO2. The zero-order chi connectivity index (χ0) is 12.9. The fraction of sp³-hybridized carbons (Fsp3) is 0.308. The summed E-state index contributed by atoms with van der Waals surface area (Å²) >= 11 is 12.0. The molecule has 94 valence electrons. The van der Waals surface area contributed by atoms with Gasteiger partial charge in [0.05, 0.1) is 12.0 Å². The second-order valence-electron chi connectivity index (χ2n) is 4.64. The normalized spacial score (nSPS) is 30.1. The van der Waals surface area contributed by atoms with Gasteiger partial charge in [0.15, 0.2) is 0 Å². The average Bonchev–Trinajstić information content (AvgIpc) is 2.87. The van der Waals surface area contributed by atoms with Crippen molar-refractivity contribution in [3.63, 3.8) is 0 Å². The van der Waals surface area contributed by atoms with Gasteiger partial charge in [0.1, 0.15) is 0 Å². The molecule has 3 atom stereocenters. The van der Waals surface area contributed by atoms with Crippen molar-refractivity contribution in [2.24, 2.45) is 5.92 Å². The van der Waals surface area contributed by atoms with Crippen LogP contribution in [0.15, 0.2) is 30.4 Å². The van der Waals surface area contributed by atoms with Crippen LogP contribution in [0.25, 0.3) is 0 Å². The Morgan fingerprint density at radius 1 is 1.33 bits per heavy atom. The minimum Gasteiger partial charge on any atom is -0.285 e. The third-order valence-corrected chi connectivity index (χ3v) is 4.24. The van der Waals surface area contributed by atoms with Crippen LogP contribution in [0.1, 0.15) is 17.9 Å². The second kappa shape index (κ2) is 4.26. The van der Waals surface area contributed by atoms with Crippen molar-refractivity contribution in [2.75, 3.05) is 0 Å². The van der Waals surface area contributed by atoms with Crippen LogP contribution in [0.3, 0.4) is 0 Å². The Balaban J connectivity index is 2.04. The smallest absolute Gasteiger partial charge is 0.254 e. The molecule has 1 saturated heterocycles. The van der Waals surface area contributed by atoms with Crippen molar-refractivity contribution < 1.29 is 10.0 Å². The number of hydrogen-bond acceptors (Lipinski definition) is 2. The Morgan fingerprint density at radius 2 is 2.11 bits per heavy atom. The summed E-state index contributed by atoms with van der Waals surface area (Å²) < 4.78 is 0. The largest absolute Gasteiger partial charge is 0.285 e. The lowest BCUT2D eigenvalue weighted by atomic mass is 9.85. The van der Waals surface area contributed by atoms with Gasteiger partial charge < -0.3 is 0 Å². The number of hydrogen-bond donors (Lipinski definition) is 1. The lowest BCUT2D eigenvalue weighted by molar-refractivity contribution is -0.163. The van der Waals surface area contributed by atoms with Crippen molar-refractivity contribution in [2.45, 2.75) is 18.4 Å². The van der Waals surface area contributed by atoms with Crippen molar-refractivity contribution in [3.8, 4) is 0 Å². The van der Waals surface area contributed by atoms with Crippen molar-refractivity contribution in [3.05, 3.63) is 46.0 Å². The molecule has 1 aromatic carbocycles. The summed E-state index contributed by atoms with van der Waals surface area (Å²) in [5.41, 5.74) is 0.737. The van der Waals surface area contributed by atoms with Gasteiger partial charge in [-0.3, -0.25) is 10.0 Å². The van der Waals surface area contributed by atoms with Crippen LogP contribution in [0, 0.1) is 5.92 Å². The first-order valence-electron chi connectivity index (χ1n) is 5.73. The number of carbonyl (C=O) groups excluding carboxylic acids is 1. The molecule has 3 nitrogen and oxygen atoms in total. The molecule has 18 heavy (non-hydrogen) atoms. The summed E-state index contributed by atoms with van der Waals surface area (Å²) in [5.74, 6) is -0.625. The fourth-order valence-electron chi connectivity index (χ4n) is 2.84. The maximum absolute atomic E-state index is 12.1. The Labute approximate surface area is 115 Å². The van der Waals surface area contributed by atoms with E-state index >= 15 is 0 Å². The summed E-state index contributed by atoms with van der Waals surface area (Å²) in [5, 5.41) is 11.6. The number of nitrogens with zero attached hydrogens (tertiary/aromatic N) is 1. The Hall–Kier alpha value is -1.03. The van der Waals surface area contributed by atoms with Gasteiger partial charge in [-0.1, -0.05) is 41.4 Å². The van der Waals surface area contributed by atoms with E-state index < -0.39 is 0 Å². The number of carbonyl (C=O) groups is 1. The first kappa shape index (κ1) is 12.0. The van der Waals surface area contributed by atoms with E-state index in [1.807, 2.05) is 12.2 Å². The molecule has 2 aliphatic rings. The molecule has 5 heteroatoms. The molecule has 0 aromatic heterocycles. The molecule has 0 spiro atoms. The third-order valence-electron chi connectivity index (χ3n) is 3.68. The molecular weight excluding hydrogens is 273 g/mol. The molecule has 0 unspecified atom stereocenters. The van der Waals surface area contributed by atoms with Gasteiger partial charge in [-0.25, -0.2) is 5.06 Å². The van der Waals surface area contributed by atoms with E-state index in [-0.39, 0.29) is 23.8 Å². The van der Waals surface area contributed by atoms with E-state index in [0.717, 1.165) is 17.0 Å². The average molecular weight is 284 g/mol. The van der Waals surface area contributed by atoms with Crippen LogP contribution < -0.4 is 0 Å². The van der Waals surface area contributed by atoms with Crippen molar-refractivity contribution >= 4 is 29.1 Å². The quantitative estimate of drug-likeness (QED) is 0.635. The molecule has 0 saturated carbocycles. The molecule has 0 radical (unpaired) electrons. The monoisotopic (exact) mass is 283 g/mol. The Kier molecular flexibility index (Phi) is 2.85. The molecule has 1 aromatic rings. The molecule has 1 amide bonds. The summed E-state index contributed by atoms with van der Waals surface area (Å²) in [4.78, 5) is 12.1. The van der Waals surface area contributed by atoms with E-state index in [2.05, 4.69) is 0 Å². The number of allylic oxidation sites excluding steroid dienone is 1. The zero-order valence-electron chi connectivity index (χ0n) is 9.38. The van der Waals surface area contributed by atoms with Crippen LogP contribution in [0.4, 0.5) is 0 Å². The maximum atomic E-state index is 12.1. The molecule has 1 heterocycles. The minimum atomic E-state index is -0.389. The Bertz CT molecular complexity index is 544. The molecule has 1 aliphatic heterocycles. The fourth-order valence-corrected chi connectivity index (χ4v) is 3.37. The van der Waals surface area contributed by atoms with E-state index in [4.69, 9.17) is 23.2 Å². The summed E-state index contributed by atoms with van der Waals surface area (Å²) in [7, 11) is 0. The maximum Gasteiger partial charge on any atom is 0.254 e. The number of amides is 1. The van der Waals surface area contributed by atoms with Crippen molar-refractivity contribution in [1.82, 2.24) is 5.06 Å². The van der Waals surface area contributed by atoms with E-state index in [0.29, 0.717) is 10.0 Å². The topological polar surface area (TPSA) is 40.5 Å². The SMILES string of the molecule is O=C1[C@H](c2ccc(Cl)cc2Cl)[C@@H]2CC=C[C@@H]2N1O. The first-order valence-corrected chi connectivity index (χ1v) is 6.49. The van der Waals surface area contributed by atoms with Gasteiger partial charge in [0.25, 0.3) is 5.91 Å².